The van der Waals surface area contributed by atoms with Crippen LogP contribution < -0.4 is 0 Å². The number of carbonyl (C=O) groups is 1. The molecule has 3 atom stereocenters. The van der Waals surface area contributed by atoms with Gasteiger partial charge in [-0.3, -0.25) is 9.79 Å². The van der Waals surface area contributed by atoms with Crippen molar-refractivity contribution in [2.75, 3.05) is 7.05 Å². The Balaban J connectivity index is 2.13. The summed E-state index contributed by atoms with van der Waals surface area (Å²) in [5, 5.41) is 0.647. The Morgan fingerprint density at radius 2 is 1.95 bits per heavy atom. The number of rotatable bonds is 1. The van der Waals surface area contributed by atoms with E-state index in [4.69, 9.17) is 23.2 Å². The van der Waals surface area contributed by atoms with Crippen molar-refractivity contribution < 1.29 is 4.79 Å². The first-order valence-electron chi connectivity index (χ1n) is 6.67. The highest BCUT2D eigenvalue weighted by atomic mass is 35.5. The summed E-state index contributed by atoms with van der Waals surface area (Å²) in [5.41, 5.74) is 0.842. The van der Waals surface area contributed by atoms with Crippen molar-refractivity contribution in [2.24, 2.45) is 10.9 Å². The largest absolute Gasteiger partial charge is 0.335 e. The fourth-order valence-electron chi connectivity index (χ4n) is 2.70. The summed E-state index contributed by atoms with van der Waals surface area (Å²) < 4.78 is 0. The number of carbonyl (C=O) groups excluding carboxylic acids is 1. The quantitative estimate of drug-likeness (QED) is 0.577. The van der Waals surface area contributed by atoms with Crippen molar-refractivity contribution in [3.05, 3.63) is 59.2 Å². The van der Waals surface area contributed by atoms with Gasteiger partial charge >= 0.3 is 0 Å². The highest BCUT2D eigenvalue weighted by Crippen LogP contribution is 2.30. The van der Waals surface area contributed by atoms with Gasteiger partial charge in [0, 0.05) is 18.0 Å². The Kier molecular flexibility index (Phi) is 3.87. The Labute approximate surface area is 133 Å². The van der Waals surface area contributed by atoms with E-state index in [1.807, 2.05) is 48.6 Å². The van der Waals surface area contributed by atoms with Gasteiger partial charge in [-0.1, -0.05) is 65.7 Å². The maximum Gasteiger partial charge on any atom is 0.263 e. The summed E-state index contributed by atoms with van der Waals surface area (Å²) in [7, 11) is 1.75. The van der Waals surface area contributed by atoms with Gasteiger partial charge in [0.05, 0.1) is 11.8 Å². The van der Waals surface area contributed by atoms with Crippen LogP contribution in [-0.2, 0) is 4.79 Å². The fourth-order valence-corrected chi connectivity index (χ4v) is 3.17. The smallest absolute Gasteiger partial charge is 0.263 e. The molecule has 0 N–H and O–H groups in total. The normalized spacial score (nSPS) is 28.6. The van der Waals surface area contributed by atoms with Crippen LogP contribution in [0.1, 0.15) is 5.56 Å². The highest BCUT2D eigenvalue weighted by molar-refractivity contribution is 6.33. The third-order valence-corrected chi connectivity index (χ3v) is 4.33. The fraction of sp³-hybridized carbons (Fsp3) is 0.250. The molecular weight excluding hydrogens is 307 g/mol. The minimum Gasteiger partial charge on any atom is -0.335 e. The summed E-state index contributed by atoms with van der Waals surface area (Å²) in [6.45, 7) is 0. The summed E-state index contributed by atoms with van der Waals surface area (Å²) >= 11 is 12.3. The van der Waals surface area contributed by atoms with E-state index in [0.717, 1.165) is 11.3 Å². The van der Waals surface area contributed by atoms with Crippen LogP contribution in [0.15, 0.2) is 58.6 Å². The summed E-state index contributed by atoms with van der Waals surface area (Å²) in [4.78, 5) is 18.3. The molecule has 5 heteroatoms. The van der Waals surface area contributed by atoms with Gasteiger partial charge in [-0.2, -0.15) is 0 Å². The number of allylic oxidation sites excluding steroid dienone is 2. The first-order valence-corrected chi connectivity index (χ1v) is 7.49. The van der Waals surface area contributed by atoms with Gasteiger partial charge in [-0.25, -0.2) is 0 Å². The Morgan fingerprint density at radius 1 is 1.24 bits per heavy atom. The van der Waals surface area contributed by atoms with E-state index in [0.29, 0.717) is 5.03 Å². The predicted octanol–water partition coefficient (Wildman–Crippen LogP) is 3.19. The molecule has 0 bridgehead atoms. The average molecular weight is 321 g/mol. The molecule has 0 spiro atoms. The second kappa shape index (κ2) is 5.66. The first kappa shape index (κ1) is 14.4. The number of likely N-dealkylation sites (N-methyl/N-ethyl adjacent to an activating group) is 1. The van der Waals surface area contributed by atoms with Crippen LogP contribution in [0.3, 0.4) is 0 Å². The van der Waals surface area contributed by atoms with Gasteiger partial charge in [0.2, 0.25) is 5.50 Å². The van der Waals surface area contributed by atoms with Crippen LogP contribution in [0.2, 0.25) is 0 Å². The molecule has 1 aliphatic heterocycles. The van der Waals surface area contributed by atoms with E-state index >= 15 is 0 Å². The molecule has 2 aliphatic rings. The van der Waals surface area contributed by atoms with E-state index < -0.39 is 5.50 Å². The number of nitrogens with zero attached hydrogens (tertiary/aromatic N) is 2. The Morgan fingerprint density at radius 3 is 2.67 bits per heavy atom. The molecule has 21 heavy (non-hydrogen) atoms. The standard InChI is InChI=1S/C16H14Cl2N2O/c1-20-13-8-7-11(17)9-12(13)14(19-15(18)16(20)21)10-5-3-2-4-6-10/h2-9,12-13,15H,1H3. The number of amides is 1. The van der Waals surface area contributed by atoms with E-state index in [1.165, 1.54) is 0 Å². The lowest BCUT2D eigenvalue weighted by Crippen LogP contribution is -2.43. The summed E-state index contributed by atoms with van der Waals surface area (Å²) in [5.74, 6) is -0.295. The van der Waals surface area contributed by atoms with Crippen LogP contribution in [0.25, 0.3) is 0 Å². The van der Waals surface area contributed by atoms with Crippen molar-refractivity contribution in [1.82, 2.24) is 4.90 Å². The van der Waals surface area contributed by atoms with E-state index in [-0.39, 0.29) is 17.9 Å². The molecule has 0 aromatic heterocycles. The summed E-state index contributed by atoms with van der Waals surface area (Å²) in [6.07, 6.45) is 5.67. The predicted molar refractivity (Wildman–Crippen MR) is 85.7 cm³/mol. The number of halogens is 2. The number of aliphatic imine (C=N–C) groups is 1. The van der Waals surface area contributed by atoms with Crippen molar-refractivity contribution in [3.8, 4) is 0 Å². The maximum absolute atomic E-state index is 12.3. The second-order valence-corrected chi connectivity index (χ2v) is 5.94. The monoisotopic (exact) mass is 320 g/mol. The second-order valence-electron chi connectivity index (χ2n) is 5.09. The summed E-state index contributed by atoms with van der Waals surface area (Å²) in [6, 6.07) is 9.64. The molecular formula is C16H14Cl2N2O. The molecule has 1 aromatic carbocycles. The number of hydrogen-bond acceptors (Lipinski definition) is 2. The zero-order chi connectivity index (χ0) is 15.0. The maximum atomic E-state index is 12.3. The van der Waals surface area contributed by atoms with Gasteiger partial charge in [-0.05, 0) is 11.6 Å². The lowest BCUT2D eigenvalue weighted by molar-refractivity contribution is -0.130. The van der Waals surface area contributed by atoms with Crippen molar-refractivity contribution in [2.45, 2.75) is 11.5 Å². The molecule has 3 nitrogen and oxygen atoms in total. The third-order valence-electron chi connectivity index (χ3n) is 3.80. The Bertz CT molecular complexity index is 652. The molecule has 0 saturated carbocycles. The molecule has 0 radical (unpaired) electrons. The average Bonchev–Trinajstić information content (AvgIpc) is 2.59. The van der Waals surface area contributed by atoms with Crippen LogP contribution in [0.5, 0.6) is 0 Å². The van der Waals surface area contributed by atoms with Gasteiger partial charge < -0.3 is 4.90 Å². The molecule has 1 amide bonds. The Hall–Kier alpha value is -1.58. The van der Waals surface area contributed by atoms with E-state index in [9.17, 15) is 4.79 Å². The highest BCUT2D eigenvalue weighted by Gasteiger charge is 2.37. The molecule has 1 aliphatic carbocycles. The van der Waals surface area contributed by atoms with Gasteiger partial charge in [0.15, 0.2) is 0 Å². The van der Waals surface area contributed by atoms with E-state index in [2.05, 4.69) is 4.99 Å². The van der Waals surface area contributed by atoms with Crippen molar-refractivity contribution >= 4 is 34.8 Å². The van der Waals surface area contributed by atoms with Crippen molar-refractivity contribution in [1.29, 1.82) is 0 Å². The minimum atomic E-state index is -0.906. The zero-order valence-corrected chi connectivity index (χ0v) is 12.9. The SMILES string of the molecule is CN1C(=O)C(Cl)N=C(c2ccccc2)C2C=C(Cl)C=CC21. The third kappa shape index (κ3) is 2.63. The van der Waals surface area contributed by atoms with Crippen LogP contribution in [0.4, 0.5) is 0 Å². The molecule has 1 aromatic rings. The van der Waals surface area contributed by atoms with Crippen molar-refractivity contribution in [3.63, 3.8) is 0 Å². The molecule has 0 fully saturated rings. The lowest BCUT2D eigenvalue weighted by atomic mass is 9.86. The number of benzene rings is 1. The molecule has 3 unspecified atom stereocenters. The van der Waals surface area contributed by atoms with Gasteiger partial charge in [0.1, 0.15) is 0 Å². The topological polar surface area (TPSA) is 32.7 Å². The number of hydrogen-bond donors (Lipinski definition) is 0. The van der Waals surface area contributed by atoms with Gasteiger partial charge in [-0.15, -0.1) is 0 Å². The zero-order valence-electron chi connectivity index (χ0n) is 11.4. The molecule has 0 saturated heterocycles. The lowest BCUT2D eigenvalue weighted by Gasteiger charge is -2.31. The molecule has 3 rings (SSSR count). The van der Waals surface area contributed by atoms with Gasteiger partial charge in [0.25, 0.3) is 5.91 Å². The minimum absolute atomic E-state index is 0.0948. The number of alkyl halides is 1. The first-order chi connectivity index (χ1) is 10.1. The van der Waals surface area contributed by atoms with Crippen LogP contribution >= 0.6 is 23.2 Å². The van der Waals surface area contributed by atoms with Crippen LogP contribution in [-0.4, -0.2) is 35.1 Å². The van der Waals surface area contributed by atoms with E-state index in [1.54, 1.807) is 11.9 Å². The van der Waals surface area contributed by atoms with Crippen LogP contribution in [0, 0.1) is 5.92 Å². The number of fused-ring (bicyclic) bond motifs is 1. The molecule has 108 valence electrons. The molecule has 1 heterocycles.